The summed E-state index contributed by atoms with van der Waals surface area (Å²) >= 11 is 0. The number of hydrogen-bond acceptors (Lipinski definition) is 6. The quantitative estimate of drug-likeness (QED) is 0.333. The van der Waals surface area contributed by atoms with Gasteiger partial charge in [-0.05, 0) is 42.0 Å². The van der Waals surface area contributed by atoms with E-state index < -0.39 is 29.1 Å². The van der Waals surface area contributed by atoms with Crippen LogP contribution in [0.15, 0.2) is 77.6 Å². The van der Waals surface area contributed by atoms with E-state index in [1.807, 2.05) is 6.07 Å². The standard InChI is InChI=1S/C29H23F4N5O3/c30-28(31,29(32,33)27(40)38-15-13-37(14-16-38)21-11-9-19(17-34)10-12-21)26-35-24-22(25(39)36-26)7-4-8-23(24)41-18-20-5-2-1-3-6-20/h1-12H,13-16,18H2,(H,35,36,39). The van der Waals surface area contributed by atoms with Gasteiger partial charge in [-0.3, -0.25) is 9.59 Å². The Morgan fingerprint density at radius 2 is 1.63 bits per heavy atom. The molecule has 4 aromatic rings. The fraction of sp³-hybridized carbons (Fsp3) is 0.241. The van der Waals surface area contributed by atoms with Crippen LogP contribution in [-0.4, -0.2) is 52.9 Å². The van der Waals surface area contributed by atoms with Crippen molar-refractivity contribution in [3.05, 3.63) is 100 Å². The number of nitrogens with one attached hydrogen (secondary N) is 1. The summed E-state index contributed by atoms with van der Waals surface area (Å²) in [5.41, 5.74) is 0.489. The third kappa shape index (κ3) is 5.30. The van der Waals surface area contributed by atoms with Crippen molar-refractivity contribution < 1.29 is 27.1 Å². The predicted octanol–water partition coefficient (Wildman–Crippen LogP) is 4.45. The number of carbonyl (C=O) groups excluding carboxylic acids is 1. The minimum Gasteiger partial charge on any atom is -0.487 e. The molecule has 1 aliphatic rings. The van der Waals surface area contributed by atoms with E-state index in [-0.39, 0.29) is 49.4 Å². The Balaban J connectivity index is 1.36. The normalized spacial score (nSPS) is 14.1. The van der Waals surface area contributed by atoms with Crippen molar-refractivity contribution in [1.29, 1.82) is 5.26 Å². The zero-order valence-electron chi connectivity index (χ0n) is 21.5. The number of anilines is 1. The Bertz CT molecular complexity index is 1660. The lowest BCUT2D eigenvalue weighted by molar-refractivity contribution is -0.226. The molecule has 0 saturated carbocycles. The zero-order valence-corrected chi connectivity index (χ0v) is 21.5. The van der Waals surface area contributed by atoms with Gasteiger partial charge < -0.3 is 19.5 Å². The number of rotatable bonds is 7. The molecular weight excluding hydrogens is 542 g/mol. The molecule has 5 rings (SSSR count). The van der Waals surface area contributed by atoms with Crippen molar-refractivity contribution in [2.45, 2.75) is 18.5 Å². The number of fused-ring (bicyclic) bond motifs is 1. The molecule has 1 fully saturated rings. The van der Waals surface area contributed by atoms with Gasteiger partial charge in [0.15, 0.2) is 5.82 Å². The van der Waals surface area contributed by atoms with E-state index in [0.717, 1.165) is 5.56 Å². The maximum Gasteiger partial charge on any atom is 0.393 e. The number of piperazine rings is 1. The average molecular weight is 566 g/mol. The number of nitrogens with zero attached hydrogens (tertiary/aromatic N) is 4. The second-order valence-corrected chi connectivity index (χ2v) is 9.43. The highest BCUT2D eigenvalue weighted by Crippen LogP contribution is 2.43. The number of aromatic amines is 1. The Kier molecular flexibility index (Phi) is 7.36. The summed E-state index contributed by atoms with van der Waals surface area (Å²) in [5, 5.41) is 8.80. The predicted molar refractivity (Wildman–Crippen MR) is 142 cm³/mol. The van der Waals surface area contributed by atoms with Crippen LogP contribution in [0.25, 0.3) is 10.9 Å². The lowest BCUT2D eigenvalue weighted by Crippen LogP contribution is -2.58. The van der Waals surface area contributed by atoms with E-state index in [4.69, 9.17) is 10.00 Å². The number of alkyl halides is 4. The molecule has 0 spiro atoms. The third-order valence-corrected chi connectivity index (χ3v) is 6.83. The van der Waals surface area contributed by atoms with Crippen LogP contribution in [0.3, 0.4) is 0 Å². The Morgan fingerprint density at radius 1 is 0.951 bits per heavy atom. The number of carbonyl (C=O) groups is 1. The molecule has 3 aromatic carbocycles. The molecule has 2 heterocycles. The van der Waals surface area contributed by atoms with Crippen LogP contribution in [0.2, 0.25) is 0 Å². The molecule has 8 nitrogen and oxygen atoms in total. The van der Waals surface area contributed by atoms with Gasteiger partial charge in [0.2, 0.25) is 0 Å². The number of hydrogen-bond donors (Lipinski definition) is 1. The van der Waals surface area contributed by atoms with Crippen molar-refractivity contribution in [2.24, 2.45) is 0 Å². The summed E-state index contributed by atoms with van der Waals surface area (Å²) in [6.07, 6.45) is 0. The van der Waals surface area contributed by atoms with Gasteiger partial charge >= 0.3 is 11.8 Å². The van der Waals surface area contributed by atoms with Crippen molar-refractivity contribution >= 4 is 22.5 Å². The van der Waals surface area contributed by atoms with Crippen LogP contribution >= 0.6 is 0 Å². The van der Waals surface area contributed by atoms with E-state index in [2.05, 4.69) is 4.98 Å². The second-order valence-electron chi connectivity index (χ2n) is 9.43. The molecule has 0 atom stereocenters. The number of benzene rings is 3. The summed E-state index contributed by atoms with van der Waals surface area (Å²) in [6, 6.07) is 21.6. The Labute approximate surface area is 231 Å². The van der Waals surface area contributed by atoms with Crippen molar-refractivity contribution in [2.75, 3.05) is 31.1 Å². The first-order valence-electron chi connectivity index (χ1n) is 12.6. The summed E-state index contributed by atoms with van der Waals surface area (Å²) in [5.74, 6) is -14.1. The smallest absolute Gasteiger partial charge is 0.393 e. The number of nitriles is 1. The topological polar surface area (TPSA) is 102 Å². The van der Waals surface area contributed by atoms with Gasteiger partial charge in [-0.1, -0.05) is 36.4 Å². The fourth-order valence-electron chi connectivity index (χ4n) is 4.53. The molecule has 0 radical (unpaired) electrons. The van der Waals surface area contributed by atoms with Crippen LogP contribution in [0.4, 0.5) is 23.2 Å². The van der Waals surface area contributed by atoms with Gasteiger partial charge in [-0.15, -0.1) is 0 Å². The fourth-order valence-corrected chi connectivity index (χ4v) is 4.53. The molecule has 1 saturated heterocycles. The van der Waals surface area contributed by atoms with Crippen molar-refractivity contribution in [3.8, 4) is 11.8 Å². The average Bonchev–Trinajstić information content (AvgIpc) is 3.00. The summed E-state index contributed by atoms with van der Waals surface area (Å²) in [7, 11) is 0. The highest BCUT2D eigenvalue weighted by atomic mass is 19.3. The van der Waals surface area contributed by atoms with Gasteiger partial charge in [0.05, 0.1) is 17.0 Å². The van der Waals surface area contributed by atoms with E-state index >= 15 is 17.6 Å². The molecule has 0 unspecified atom stereocenters. The lowest BCUT2D eigenvalue weighted by atomic mass is 10.1. The van der Waals surface area contributed by atoms with E-state index in [0.29, 0.717) is 16.2 Å². The minimum atomic E-state index is -5.20. The van der Waals surface area contributed by atoms with Crippen LogP contribution < -0.4 is 15.2 Å². The maximum absolute atomic E-state index is 15.3. The molecule has 0 aliphatic carbocycles. The third-order valence-electron chi connectivity index (χ3n) is 6.83. The van der Waals surface area contributed by atoms with Gasteiger partial charge in [-0.2, -0.15) is 22.8 Å². The van der Waals surface area contributed by atoms with E-state index in [1.54, 1.807) is 64.5 Å². The number of H-pyrrole nitrogens is 1. The highest BCUT2D eigenvalue weighted by Gasteiger charge is 2.66. The number of aromatic nitrogens is 2. The number of ether oxygens (including phenoxy) is 1. The first-order chi connectivity index (χ1) is 19.6. The highest BCUT2D eigenvalue weighted by molar-refractivity contribution is 5.86. The molecule has 1 N–H and O–H groups in total. The van der Waals surface area contributed by atoms with Crippen molar-refractivity contribution in [1.82, 2.24) is 14.9 Å². The summed E-state index contributed by atoms with van der Waals surface area (Å²) in [4.78, 5) is 33.2. The van der Waals surface area contributed by atoms with Gasteiger partial charge in [0, 0.05) is 31.9 Å². The first kappa shape index (κ1) is 27.6. The number of para-hydroxylation sites is 1. The van der Waals surface area contributed by atoms with Crippen LogP contribution in [0.5, 0.6) is 5.75 Å². The number of amides is 1. The monoisotopic (exact) mass is 565 g/mol. The number of halogens is 4. The molecule has 12 heteroatoms. The second kappa shape index (κ2) is 10.9. The van der Waals surface area contributed by atoms with Gasteiger partial charge in [-0.25, -0.2) is 4.98 Å². The zero-order chi connectivity index (χ0) is 29.2. The van der Waals surface area contributed by atoms with Crippen molar-refractivity contribution in [3.63, 3.8) is 0 Å². The molecule has 210 valence electrons. The maximum atomic E-state index is 15.3. The molecule has 1 aliphatic heterocycles. The van der Waals surface area contributed by atoms with Gasteiger partial charge in [0.1, 0.15) is 17.9 Å². The molecule has 41 heavy (non-hydrogen) atoms. The molecule has 0 bridgehead atoms. The molecular formula is C29H23F4N5O3. The Morgan fingerprint density at radius 3 is 2.29 bits per heavy atom. The van der Waals surface area contributed by atoms with Crippen LogP contribution in [0, 0.1) is 11.3 Å². The minimum absolute atomic E-state index is 0.0171. The Hall–Kier alpha value is -4.92. The lowest BCUT2D eigenvalue weighted by Gasteiger charge is -2.38. The van der Waals surface area contributed by atoms with Gasteiger partial charge in [0.25, 0.3) is 11.5 Å². The summed E-state index contributed by atoms with van der Waals surface area (Å²) in [6.45, 7) is -0.213. The van der Waals surface area contributed by atoms with E-state index in [1.165, 1.54) is 18.2 Å². The molecule has 1 aromatic heterocycles. The van der Waals surface area contributed by atoms with Crippen LogP contribution in [-0.2, 0) is 17.3 Å². The van der Waals surface area contributed by atoms with Crippen LogP contribution in [0.1, 0.15) is 17.0 Å². The molecule has 1 amide bonds. The summed E-state index contributed by atoms with van der Waals surface area (Å²) < 4.78 is 66.7. The van der Waals surface area contributed by atoms with E-state index in [9.17, 15) is 9.59 Å². The largest absolute Gasteiger partial charge is 0.487 e. The SMILES string of the molecule is N#Cc1ccc(N2CCN(C(=O)C(F)(F)C(F)(F)c3nc4c(OCc5ccccc5)cccc4c(=O)[nH]3)CC2)cc1. The first-order valence-corrected chi connectivity index (χ1v) is 12.6.